The summed E-state index contributed by atoms with van der Waals surface area (Å²) in [5.74, 6) is 0.925. The van der Waals surface area contributed by atoms with E-state index in [0.717, 1.165) is 18.9 Å². The maximum Gasteiger partial charge on any atom is 0.191 e. The number of nitrogens with one attached hydrogen (secondary N) is 2. The molecule has 1 fully saturated rings. The van der Waals surface area contributed by atoms with E-state index in [1.807, 2.05) is 18.4 Å². The van der Waals surface area contributed by atoms with Gasteiger partial charge < -0.3 is 15.5 Å². The van der Waals surface area contributed by atoms with E-state index in [4.69, 9.17) is 0 Å². The molecule has 1 aromatic rings. The quantitative estimate of drug-likeness (QED) is 0.647. The van der Waals surface area contributed by atoms with Gasteiger partial charge in [0.1, 0.15) is 0 Å². The normalized spacial score (nSPS) is 18.0. The van der Waals surface area contributed by atoms with Crippen molar-refractivity contribution in [3.8, 4) is 0 Å². The first-order chi connectivity index (χ1) is 10.6. The Bertz CT molecular complexity index is 473. The molecular weight excluding hydrogens is 292 g/mol. The summed E-state index contributed by atoms with van der Waals surface area (Å²) >= 11 is 1.88. The zero-order valence-electron chi connectivity index (χ0n) is 14.4. The van der Waals surface area contributed by atoms with Crippen LogP contribution in [0.25, 0.3) is 0 Å². The van der Waals surface area contributed by atoms with E-state index in [2.05, 4.69) is 53.4 Å². The van der Waals surface area contributed by atoms with Crippen molar-refractivity contribution in [3.05, 3.63) is 21.9 Å². The number of hydrogen-bond donors (Lipinski definition) is 2. The second-order valence-corrected chi connectivity index (χ2v) is 7.45. The van der Waals surface area contributed by atoms with Crippen LogP contribution >= 0.6 is 11.3 Å². The van der Waals surface area contributed by atoms with Gasteiger partial charge in [-0.2, -0.15) is 0 Å². The highest BCUT2D eigenvalue weighted by Gasteiger charge is 2.21. The molecule has 5 heteroatoms. The van der Waals surface area contributed by atoms with Gasteiger partial charge in [-0.15, -0.1) is 11.3 Å². The van der Waals surface area contributed by atoms with Gasteiger partial charge in [0.25, 0.3) is 0 Å². The molecule has 124 valence electrons. The summed E-state index contributed by atoms with van der Waals surface area (Å²) in [5.41, 5.74) is 0. The van der Waals surface area contributed by atoms with E-state index < -0.39 is 0 Å². The van der Waals surface area contributed by atoms with Crippen LogP contribution in [-0.2, 0) is 13.0 Å². The lowest BCUT2D eigenvalue weighted by atomic mass is 10.0. The molecule has 1 aromatic heterocycles. The van der Waals surface area contributed by atoms with Gasteiger partial charge in [-0.3, -0.25) is 4.99 Å². The summed E-state index contributed by atoms with van der Waals surface area (Å²) in [6.07, 6.45) is 3.50. The van der Waals surface area contributed by atoms with Gasteiger partial charge in [0, 0.05) is 42.0 Å². The Hall–Kier alpha value is -1.07. The van der Waals surface area contributed by atoms with E-state index in [1.165, 1.54) is 35.7 Å². The maximum absolute atomic E-state index is 4.36. The standard InChI is InChI=1S/C17H30N4S/c1-5-15-6-7-16(22-15)12-19-17(18-4)20-14-8-10-21(11-9-14)13(2)3/h6-7,13-14H,5,8-12H2,1-4H3,(H2,18,19,20). The SMILES string of the molecule is CCc1ccc(CNC(=NC)NC2CCN(C(C)C)CC2)s1. The molecule has 2 rings (SSSR count). The Morgan fingerprint density at radius 2 is 2.00 bits per heavy atom. The maximum atomic E-state index is 4.36. The van der Waals surface area contributed by atoms with Crippen LogP contribution in [0.1, 0.15) is 43.4 Å². The molecule has 0 spiro atoms. The van der Waals surface area contributed by atoms with Crippen LogP contribution in [-0.4, -0.2) is 43.1 Å². The molecule has 0 aliphatic carbocycles. The van der Waals surface area contributed by atoms with Crippen molar-refractivity contribution in [1.29, 1.82) is 0 Å². The second-order valence-electron chi connectivity index (χ2n) is 6.20. The first-order valence-corrected chi connectivity index (χ1v) is 9.22. The highest BCUT2D eigenvalue weighted by Crippen LogP contribution is 2.16. The lowest BCUT2D eigenvalue weighted by Gasteiger charge is -2.35. The van der Waals surface area contributed by atoms with Gasteiger partial charge >= 0.3 is 0 Å². The van der Waals surface area contributed by atoms with Gasteiger partial charge in [0.05, 0.1) is 6.54 Å². The third-order valence-corrected chi connectivity index (χ3v) is 5.55. The van der Waals surface area contributed by atoms with Crippen molar-refractivity contribution < 1.29 is 0 Å². The molecule has 0 amide bonds. The van der Waals surface area contributed by atoms with E-state index in [0.29, 0.717) is 12.1 Å². The molecule has 1 saturated heterocycles. The van der Waals surface area contributed by atoms with E-state index >= 15 is 0 Å². The monoisotopic (exact) mass is 322 g/mol. The Labute approximate surface area is 139 Å². The molecule has 0 aromatic carbocycles. The van der Waals surface area contributed by atoms with Crippen molar-refractivity contribution >= 4 is 17.3 Å². The fourth-order valence-electron chi connectivity index (χ4n) is 2.83. The number of guanidine groups is 1. The zero-order valence-corrected chi connectivity index (χ0v) is 15.2. The van der Waals surface area contributed by atoms with Crippen molar-refractivity contribution in [2.75, 3.05) is 20.1 Å². The van der Waals surface area contributed by atoms with Gasteiger partial charge in [-0.05, 0) is 45.2 Å². The van der Waals surface area contributed by atoms with Crippen LogP contribution in [0, 0.1) is 0 Å². The molecule has 0 radical (unpaired) electrons. The van der Waals surface area contributed by atoms with Crippen LogP contribution in [0.5, 0.6) is 0 Å². The predicted octanol–water partition coefficient (Wildman–Crippen LogP) is 2.85. The molecule has 22 heavy (non-hydrogen) atoms. The Morgan fingerprint density at radius 3 is 2.55 bits per heavy atom. The Kier molecular flexibility index (Phi) is 6.70. The van der Waals surface area contributed by atoms with Crippen molar-refractivity contribution in [3.63, 3.8) is 0 Å². The Balaban J connectivity index is 1.76. The molecule has 4 nitrogen and oxygen atoms in total. The lowest BCUT2D eigenvalue weighted by Crippen LogP contribution is -2.49. The molecule has 1 aliphatic rings. The van der Waals surface area contributed by atoms with Crippen LogP contribution in [0.4, 0.5) is 0 Å². The molecule has 0 atom stereocenters. The van der Waals surface area contributed by atoms with Crippen molar-refractivity contribution in [1.82, 2.24) is 15.5 Å². The highest BCUT2D eigenvalue weighted by molar-refractivity contribution is 7.11. The number of piperidine rings is 1. The van der Waals surface area contributed by atoms with E-state index in [-0.39, 0.29) is 0 Å². The predicted molar refractivity (Wildman–Crippen MR) is 96.8 cm³/mol. The van der Waals surface area contributed by atoms with E-state index in [1.54, 1.807) is 0 Å². The molecule has 0 unspecified atom stereocenters. The number of hydrogen-bond acceptors (Lipinski definition) is 3. The average Bonchev–Trinajstić information content (AvgIpc) is 3.00. The molecule has 0 bridgehead atoms. The molecule has 1 aliphatic heterocycles. The van der Waals surface area contributed by atoms with Crippen LogP contribution in [0.15, 0.2) is 17.1 Å². The minimum absolute atomic E-state index is 0.538. The fourth-order valence-corrected chi connectivity index (χ4v) is 3.72. The van der Waals surface area contributed by atoms with Crippen LogP contribution < -0.4 is 10.6 Å². The molecule has 0 saturated carbocycles. The third-order valence-electron chi connectivity index (χ3n) is 4.32. The average molecular weight is 323 g/mol. The summed E-state index contributed by atoms with van der Waals surface area (Å²) in [6.45, 7) is 9.97. The number of nitrogens with zero attached hydrogens (tertiary/aromatic N) is 2. The molecule has 2 heterocycles. The van der Waals surface area contributed by atoms with Gasteiger partial charge in [0.2, 0.25) is 0 Å². The minimum atomic E-state index is 0.538. The number of rotatable bonds is 5. The number of aryl methyl sites for hydroxylation is 1. The summed E-state index contributed by atoms with van der Waals surface area (Å²) in [4.78, 5) is 9.73. The summed E-state index contributed by atoms with van der Waals surface area (Å²) in [6, 6.07) is 5.63. The fraction of sp³-hybridized carbons (Fsp3) is 0.706. The van der Waals surface area contributed by atoms with Gasteiger partial charge in [-0.25, -0.2) is 0 Å². The van der Waals surface area contributed by atoms with Crippen molar-refractivity contribution in [2.45, 2.75) is 58.7 Å². The molecule has 2 N–H and O–H groups in total. The highest BCUT2D eigenvalue weighted by atomic mass is 32.1. The zero-order chi connectivity index (χ0) is 15.9. The topological polar surface area (TPSA) is 39.7 Å². The number of likely N-dealkylation sites (tertiary alicyclic amines) is 1. The second kappa shape index (κ2) is 8.53. The summed E-state index contributed by atoms with van der Waals surface area (Å²) < 4.78 is 0. The van der Waals surface area contributed by atoms with Gasteiger partial charge in [0.15, 0.2) is 5.96 Å². The number of thiophene rings is 1. The van der Waals surface area contributed by atoms with Crippen LogP contribution in [0.2, 0.25) is 0 Å². The van der Waals surface area contributed by atoms with Crippen molar-refractivity contribution in [2.24, 2.45) is 4.99 Å². The summed E-state index contributed by atoms with van der Waals surface area (Å²) in [7, 11) is 1.85. The Morgan fingerprint density at radius 1 is 1.32 bits per heavy atom. The first kappa shape index (κ1) is 17.3. The smallest absolute Gasteiger partial charge is 0.191 e. The number of aliphatic imine (C=N–C) groups is 1. The minimum Gasteiger partial charge on any atom is -0.354 e. The largest absolute Gasteiger partial charge is 0.354 e. The van der Waals surface area contributed by atoms with E-state index in [9.17, 15) is 0 Å². The lowest BCUT2D eigenvalue weighted by molar-refractivity contribution is 0.167. The van der Waals surface area contributed by atoms with Crippen LogP contribution in [0.3, 0.4) is 0 Å². The third kappa shape index (κ3) is 4.99. The van der Waals surface area contributed by atoms with Gasteiger partial charge in [-0.1, -0.05) is 6.92 Å². The summed E-state index contributed by atoms with van der Waals surface area (Å²) in [5, 5.41) is 7.01. The first-order valence-electron chi connectivity index (χ1n) is 8.41. The molecular formula is C17H30N4S.